The largest absolute Gasteiger partial charge is 0.465 e. The Balaban J connectivity index is 2.02. The van der Waals surface area contributed by atoms with Crippen molar-refractivity contribution in [1.29, 1.82) is 0 Å². The Morgan fingerprint density at radius 1 is 1.33 bits per heavy atom. The fourth-order valence-corrected chi connectivity index (χ4v) is 2.76. The first-order valence-electron chi connectivity index (χ1n) is 7.87. The number of nitrogens with one attached hydrogen (secondary N) is 2. The number of aryl methyl sites for hydroxylation is 1. The summed E-state index contributed by atoms with van der Waals surface area (Å²) in [4.78, 5) is 6.76. The monoisotopic (exact) mass is 292 g/mol. The topological polar surface area (TPSA) is 52.8 Å². The van der Waals surface area contributed by atoms with Crippen LogP contribution in [0.1, 0.15) is 44.3 Å². The third kappa shape index (κ3) is 4.49. The number of guanidine groups is 1. The van der Waals surface area contributed by atoms with Crippen molar-refractivity contribution in [1.82, 2.24) is 15.5 Å². The molecule has 1 aliphatic rings. The minimum Gasteiger partial charge on any atom is -0.465 e. The fraction of sp³-hybridized carbons (Fsp3) is 0.688. The van der Waals surface area contributed by atoms with Gasteiger partial charge < -0.3 is 15.1 Å². The third-order valence-electron chi connectivity index (χ3n) is 3.78. The predicted octanol–water partition coefficient (Wildman–Crippen LogP) is 2.30. The second-order valence-electron chi connectivity index (χ2n) is 5.96. The van der Waals surface area contributed by atoms with Crippen LogP contribution in [0.2, 0.25) is 0 Å². The molecule has 0 saturated carbocycles. The zero-order valence-electron chi connectivity index (χ0n) is 13.6. The van der Waals surface area contributed by atoms with Gasteiger partial charge in [-0.05, 0) is 58.8 Å². The van der Waals surface area contributed by atoms with Gasteiger partial charge in [0.05, 0.1) is 6.04 Å². The zero-order valence-corrected chi connectivity index (χ0v) is 13.6. The molecule has 1 aromatic heterocycles. The van der Waals surface area contributed by atoms with Crippen LogP contribution < -0.4 is 10.6 Å². The molecule has 1 unspecified atom stereocenters. The van der Waals surface area contributed by atoms with Crippen LogP contribution in [0.15, 0.2) is 21.5 Å². The lowest BCUT2D eigenvalue weighted by Gasteiger charge is -2.27. The van der Waals surface area contributed by atoms with E-state index >= 15 is 0 Å². The van der Waals surface area contributed by atoms with Crippen molar-refractivity contribution in [3.05, 3.63) is 23.7 Å². The summed E-state index contributed by atoms with van der Waals surface area (Å²) in [6.07, 6.45) is 2.55. The van der Waals surface area contributed by atoms with Crippen LogP contribution in [-0.4, -0.2) is 43.6 Å². The Kier molecular flexibility index (Phi) is 5.67. The summed E-state index contributed by atoms with van der Waals surface area (Å²) in [5, 5.41) is 6.74. The van der Waals surface area contributed by atoms with Crippen LogP contribution in [0.5, 0.6) is 0 Å². The van der Waals surface area contributed by atoms with Crippen molar-refractivity contribution in [2.45, 2.75) is 45.7 Å². The van der Waals surface area contributed by atoms with E-state index in [9.17, 15) is 0 Å². The van der Waals surface area contributed by atoms with E-state index in [-0.39, 0.29) is 6.04 Å². The standard InChI is InChI=1S/C16H28N4O/c1-12(2)19-16(17-4)18-11-14(20-9-5-6-10-20)15-8-7-13(3)21-15/h7-8,12,14H,5-6,9-11H2,1-4H3,(H2,17,18,19). The number of nitrogens with zero attached hydrogens (tertiary/aromatic N) is 2. The van der Waals surface area contributed by atoms with Gasteiger partial charge >= 0.3 is 0 Å². The molecule has 1 saturated heterocycles. The lowest BCUT2D eigenvalue weighted by molar-refractivity contribution is 0.213. The van der Waals surface area contributed by atoms with Gasteiger partial charge in [0, 0.05) is 19.6 Å². The van der Waals surface area contributed by atoms with Crippen LogP contribution in [0.25, 0.3) is 0 Å². The number of furan rings is 1. The van der Waals surface area contributed by atoms with Crippen molar-refractivity contribution in [3.63, 3.8) is 0 Å². The van der Waals surface area contributed by atoms with Crippen molar-refractivity contribution in [2.24, 2.45) is 4.99 Å². The summed E-state index contributed by atoms with van der Waals surface area (Å²) in [5.74, 6) is 2.86. The molecule has 2 rings (SSSR count). The van der Waals surface area contributed by atoms with Gasteiger partial charge in [0.2, 0.25) is 0 Å². The second kappa shape index (κ2) is 7.50. The minimum absolute atomic E-state index is 0.270. The number of rotatable bonds is 5. The lowest BCUT2D eigenvalue weighted by atomic mass is 10.2. The van der Waals surface area contributed by atoms with Crippen LogP contribution >= 0.6 is 0 Å². The molecule has 1 atom stereocenters. The Hall–Kier alpha value is -1.49. The first kappa shape index (κ1) is 15.9. The van der Waals surface area contributed by atoms with E-state index in [1.165, 1.54) is 12.8 Å². The SMILES string of the molecule is CN=C(NCC(c1ccc(C)o1)N1CCCC1)NC(C)C. The first-order valence-corrected chi connectivity index (χ1v) is 7.87. The van der Waals surface area contributed by atoms with Gasteiger partial charge in [-0.1, -0.05) is 0 Å². The van der Waals surface area contributed by atoms with Gasteiger partial charge in [0.15, 0.2) is 5.96 Å². The Labute approximate surface area is 127 Å². The minimum atomic E-state index is 0.270. The van der Waals surface area contributed by atoms with E-state index in [4.69, 9.17) is 4.42 Å². The molecular weight excluding hydrogens is 264 g/mol. The van der Waals surface area contributed by atoms with Crippen LogP contribution in [0, 0.1) is 6.92 Å². The number of hydrogen-bond acceptors (Lipinski definition) is 3. The molecular formula is C16H28N4O. The van der Waals surface area contributed by atoms with E-state index in [1.54, 1.807) is 7.05 Å². The van der Waals surface area contributed by atoms with Gasteiger partial charge in [-0.2, -0.15) is 0 Å². The maximum Gasteiger partial charge on any atom is 0.191 e. The second-order valence-corrected chi connectivity index (χ2v) is 5.96. The van der Waals surface area contributed by atoms with Crippen LogP contribution in [-0.2, 0) is 0 Å². The summed E-state index contributed by atoms with van der Waals surface area (Å²) in [5.41, 5.74) is 0. The van der Waals surface area contributed by atoms with Crippen molar-refractivity contribution in [2.75, 3.05) is 26.7 Å². The van der Waals surface area contributed by atoms with E-state index in [0.717, 1.165) is 37.1 Å². The highest BCUT2D eigenvalue weighted by Crippen LogP contribution is 2.26. The van der Waals surface area contributed by atoms with Crippen molar-refractivity contribution in [3.8, 4) is 0 Å². The molecule has 0 aromatic carbocycles. The van der Waals surface area contributed by atoms with Gasteiger partial charge in [-0.15, -0.1) is 0 Å². The molecule has 21 heavy (non-hydrogen) atoms. The molecule has 5 heteroatoms. The quantitative estimate of drug-likeness (QED) is 0.646. The van der Waals surface area contributed by atoms with Gasteiger partial charge in [-0.3, -0.25) is 9.89 Å². The smallest absolute Gasteiger partial charge is 0.191 e. The van der Waals surface area contributed by atoms with Crippen LogP contribution in [0.4, 0.5) is 0 Å². The van der Waals surface area contributed by atoms with E-state index in [0.29, 0.717) is 6.04 Å². The highest BCUT2D eigenvalue weighted by atomic mass is 16.3. The highest BCUT2D eigenvalue weighted by molar-refractivity contribution is 5.79. The lowest BCUT2D eigenvalue weighted by Crippen LogP contribution is -2.44. The Morgan fingerprint density at radius 2 is 2.05 bits per heavy atom. The summed E-state index contributed by atoms with van der Waals surface area (Å²) >= 11 is 0. The zero-order chi connectivity index (χ0) is 15.2. The molecule has 1 aromatic rings. The molecule has 0 radical (unpaired) electrons. The third-order valence-corrected chi connectivity index (χ3v) is 3.78. The summed E-state index contributed by atoms with van der Waals surface area (Å²) < 4.78 is 5.86. The van der Waals surface area contributed by atoms with E-state index < -0.39 is 0 Å². The molecule has 0 bridgehead atoms. The maximum absolute atomic E-state index is 5.86. The normalized spacial score (nSPS) is 18.2. The molecule has 0 aliphatic carbocycles. The molecule has 5 nitrogen and oxygen atoms in total. The average molecular weight is 292 g/mol. The van der Waals surface area contributed by atoms with Crippen molar-refractivity contribution < 1.29 is 4.42 Å². The summed E-state index contributed by atoms with van der Waals surface area (Å²) in [6, 6.07) is 4.78. The maximum atomic E-state index is 5.86. The van der Waals surface area contributed by atoms with Gasteiger partial charge in [0.1, 0.15) is 11.5 Å². The summed E-state index contributed by atoms with van der Waals surface area (Å²) in [6.45, 7) is 9.31. The number of hydrogen-bond donors (Lipinski definition) is 2. The van der Waals surface area contributed by atoms with Gasteiger partial charge in [-0.25, -0.2) is 0 Å². The molecule has 2 N–H and O–H groups in total. The fourth-order valence-electron chi connectivity index (χ4n) is 2.76. The number of likely N-dealkylation sites (tertiary alicyclic amines) is 1. The predicted molar refractivity (Wildman–Crippen MR) is 86.6 cm³/mol. The Bertz CT molecular complexity index is 461. The average Bonchev–Trinajstić information content (AvgIpc) is 3.09. The number of aliphatic imine (C=N–C) groups is 1. The molecule has 0 amide bonds. The highest BCUT2D eigenvalue weighted by Gasteiger charge is 2.26. The van der Waals surface area contributed by atoms with Gasteiger partial charge in [0.25, 0.3) is 0 Å². The van der Waals surface area contributed by atoms with Crippen LogP contribution in [0.3, 0.4) is 0 Å². The molecule has 1 aliphatic heterocycles. The van der Waals surface area contributed by atoms with E-state index in [1.807, 2.05) is 13.0 Å². The Morgan fingerprint density at radius 3 is 2.57 bits per heavy atom. The van der Waals surface area contributed by atoms with E-state index in [2.05, 4.69) is 40.4 Å². The molecule has 0 spiro atoms. The molecule has 2 heterocycles. The molecule has 118 valence electrons. The van der Waals surface area contributed by atoms with Crippen molar-refractivity contribution >= 4 is 5.96 Å². The first-order chi connectivity index (χ1) is 10.1. The molecule has 1 fully saturated rings. The summed E-state index contributed by atoms with van der Waals surface area (Å²) in [7, 11) is 1.81.